The molecule has 114 valence electrons. The van der Waals surface area contributed by atoms with Gasteiger partial charge in [-0.25, -0.2) is 0 Å². The maximum atomic E-state index is 12.7. The Morgan fingerprint density at radius 1 is 0.783 bits per heavy atom. The highest BCUT2D eigenvalue weighted by molar-refractivity contribution is 6.27. The molecule has 0 radical (unpaired) electrons. The number of hydrogen-bond donors (Lipinski definition) is 2. The lowest BCUT2D eigenvalue weighted by atomic mass is 9.99. The van der Waals surface area contributed by atoms with Gasteiger partial charge in [-0.15, -0.1) is 0 Å². The van der Waals surface area contributed by atoms with Crippen LogP contribution in [-0.4, -0.2) is 11.6 Å². The Hall–Kier alpha value is -2.88. The SMILES string of the molecule is CC(C)c1ccc2c(c1)C(=O)/C(=C1\Nc3ccccc3C1=O)N2. The van der Waals surface area contributed by atoms with Crippen molar-refractivity contribution >= 4 is 22.9 Å². The van der Waals surface area contributed by atoms with E-state index >= 15 is 0 Å². The van der Waals surface area contributed by atoms with Crippen LogP contribution in [0.5, 0.6) is 0 Å². The molecule has 23 heavy (non-hydrogen) atoms. The molecule has 2 aliphatic rings. The molecular weight excluding hydrogens is 288 g/mol. The van der Waals surface area contributed by atoms with Crippen molar-refractivity contribution in [2.45, 2.75) is 19.8 Å². The minimum absolute atomic E-state index is 0.133. The summed E-state index contributed by atoms with van der Waals surface area (Å²) in [4.78, 5) is 25.3. The minimum Gasteiger partial charge on any atom is -0.350 e. The fourth-order valence-corrected chi connectivity index (χ4v) is 3.01. The van der Waals surface area contributed by atoms with Gasteiger partial charge in [0.05, 0.1) is 0 Å². The van der Waals surface area contributed by atoms with Crippen molar-refractivity contribution < 1.29 is 9.59 Å². The van der Waals surface area contributed by atoms with Crippen molar-refractivity contribution in [2.75, 3.05) is 10.6 Å². The van der Waals surface area contributed by atoms with Gasteiger partial charge >= 0.3 is 0 Å². The van der Waals surface area contributed by atoms with Crippen molar-refractivity contribution in [1.82, 2.24) is 0 Å². The van der Waals surface area contributed by atoms with E-state index in [1.807, 2.05) is 36.4 Å². The maximum absolute atomic E-state index is 12.7. The summed E-state index contributed by atoms with van der Waals surface area (Å²) < 4.78 is 0. The molecule has 2 aliphatic heterocycles. The summed E-state index contributed by atoms with van der Waals surface area (Å²) in [7, 11) is 0. The van der Waals surface area contributed by atoms with E-state index in [-0.39, 0.29) is 11.6 Å². The van der Waals surface area contributed by atoms with Crippen molar-refractivity contribution in [3.05, 3.63) is 70.5 Å². The second-order valence-electron chi connectivity index (χ2n) is 6.16. The molecule has 4 heteroatoms. The summed E-state index contributed by atoms with van der Waals surface area (Å²) in [5.74, 6) is 0.0693. The first-order valence-electron chi connectivity index (χ1n) is 7.67. The topological polar surface area (TPSA) is 58.2 Å². The normalized spacial score (nSPS) is 18.7. The van der Waals surface area contributed by atoms with Gasteiger partial charge in [0.15, 0.2) is 0 Å². The Labute approximate surface area is 134 Å². The van der Waals surface area contributed by atoms with Crippen molar-refractivity contribution in [3.8, 4) is 0 Å². The van der Waals surface area contributed by atoms with Crippen LogP contribution in [0.25, 0.3) is 0 Å². The first-order valence-corrected chi connectivity index (χ1v) is 7.67. The number of fused-ring (bicyclic) bond motifs is 2. The van der Waals surface area contributed by atoms with Crippen LogP contribution in [0.15, 0.2) is 53.9 Å². The summed E-state index contributed by atoms with van der Waals surface area (Å²) >= 11 is 0. The number of nitrogens with one attached hydrogen (secondary N) is 2. The fourth-order valence-electron chi connectivity index (χ4n) is 3.01. The van der Waals surface area contributed by atoms with Gasteiger partial charge in [-0.1, -0.05) is 32.0 Å². The molecular formula is C19H16N2O2. The van der Waals surface area contributed by atoms with E-state index in [4.69, 9.17) is 0 Å². The first-order chi connectivity index (χ1) is 11.1. The van der Waals surface area contributed by atoms with Crippen molar-refractivity contribution in [3.63, 3.8) is 0 Å². The lowest BCUT2D eigenvalue weighted by molar-refractivity contribution is 0.101. The molecule has 2 aromatic rings. The monoisotopic (exact) mass is 304 g/mol. The van der Waals surface area contributed by atoms with Crippen LogP contribution in [0, 0.1) is 0 Å². The largest absolute Gasteiger partial charge is 0.350 e. The van der Waals surface area contributed by atoms with Crippen LogP contribution in [-0.2, 0) is 0 Å². The molecule has 0 bridgehead atoms. The summed E-state index contributed by atoms with van der Waals surface area (Å²) in [5.41, 5.74) is 4.51. The molecule has 0 saturated heterocycles. The molecule has 4 nitrogen and oxygen atoms in total. The second-order valence-corrected chi connectivity index (χ2v) is 6.16. The van der Waals surface area contributed by atoms with Gasteiger partial charge in [0.2, 0.25) is 11.6 Å². The molecule has 2 heterocycles. The molecule has 0 fully saturated rings. The number of carbonyl (C=O) groups is 2. The number of carbonyl (C=O) groups excluding carboxylic acids is 2. The van der Waals surface area contributed by atoms with E-state index in [9.17, 15) is 9.59 Å². The fraction of sp³-hybridized carbons (Fsp3) is 0.158. The van der Waals surface area contributed by atoms with Crippen LogP contribution in [0.4, 0.5) is 11.4 Å². The molecule has 0 aromatic heterocycles. The van der Waals surface area contributed by atoms with Crippen LogP contribution < -0.4 is 10.6 Å². The van der Waals surface area contributed by atoms with Gasteiger partial charge in [0.1, 0.15) is 11.4 Å². The van der Waals surface area contributed by atoms with E-state index in [0.717, 1.165) is 16.9 Å². The molecule has 4 rings (SSSR count). The zero-order chi connectivity index (χ0) is 16.1. The predicted octanol–water partition coefficient (Wildman–Crippen LogP) is 3.94. The summed E-state index contributed by atoms with van der Waals surface area (Å²) in [6, 6.07) is 13.1. The maximum Gasteiger partial charge on any atom is 0.213 e. The molecule has 2 N–H and O–H groups in total. The molecule has 0 spiro atoms. The quantitative estimate of drug-likeness (QED) is 0.784. The Kier molecular flexibility index (Phi) is 2.88. The average Bonchev–Trinajstić information content (AvgIpc) is 3.05. The zero-order valence-electron chi connectivity index (χ0n) is 12.9. The number of rotatable bonds is 1. The number of ketones is 2. The number of allylic oxidation sites excluding steroid dienone is 2. The Morgan fingerprint density at radius 3 is 2.04 bits per heavy atom. The van der Waals surface area contributed by atoms with Crippen LogP contribution in [0.3, 0.4) is 0 Å². The minimum atomic E-state index is -0.145. The van der Waals surface area contributed by atoms with Gasteiger partial charge in [-0.05, 0) is 35.7 Å². The van der Waals surface area contributed by atoms with Crippen molar-refractivity contribution in [1.29, 1.82) is 0 Å². The van der Waals surface area contributed by atoms with Gasteiger partial charge in [-0.3, -0.25) is 9.59 Å². The van der Waals surface area contributed by atoms with Crippen LogP contribution in [0.1, 0.15) is 46.0 Å². The third-order valence-corrected chi connectivity index (χ3v) is 4.35. The average molecular weight is 304 g/mol. The summed E-state index contributed by atoms with van der Waals surface area (Å²) in [6.45, 7) is 4.18. The number of anilines is 2. The number of benzene rings is 2. The van der Waals surface area contributed by atoms with Crippen molar-refractivity contribution in [2.24, 2.45) is 0 Å². The molecule has 0 atom stereocenters. The van der Waals surface area contributed by atoms with E-state index in [2.05, 4.69) is 24.5 Å². The Bertz CT molecular complexity index is 894. The Morgan fingerprint density at radius 2 is 1.39 bits per heavy atom. The van der Waals surface area contributed by atoms with Crippen LogP contribution in [0.2, 0.25) is 0 Å². The smallest absolute Gasteiger partial charge is 0.213 e. The lowest BCUT2D eigenvalue weighted by Gasteiger charge is -2.06. The second kappa shape index (κ2) is 4.81. The van der Waals surface area contributed by atoms with E-state index in [0.29, 0.717) is 28.4 Å². The molecule has 0 saturated carbocycles. The van der Waals surface area contributed by atoms with E-state index in [1.165, 1.54) is 0 Å². The van der Waals surface area contributed by atoms with Crippen LogP contribution >= 0.6 is 0 Å². The van der Waals surface area contributed by atoms with E-state index in [1.54, 1.807) is 6.07 Å². The predicted molar refractivity (Wildman–Crippen MR) is 89.9 cm³/mol. The third kappa shape index (κ3) is 1.99. The molecule has 0 aliphatic carbocycles. The van der Waals surface area contributed by atoms with Gasteiger partial charge in [-0.2, -0.15) is 0 Å². The standard InChI is InChI=1S/C19H16N2O2/c1-10(2)11-7-8-15-13(9-11)19(23)17(21-15)16-18(22)12-5-3-4-6-14(12)20-16/h3-10,20-21H,1-2H3/b17-16+. The highest BCUT2D eigenvalue weighted by Crippen LogP contribution is 2.36. The van der Waals surface area contributed by atoms with Gasteiger partial charge in [0, 0.05) is 22.5 Å². The van der Waals surface area contributed by atoms with Gasteiger partial charge in [0.25, 0.3) is 0 Å². The first kappa shape index (κ1) is 13.8. The number of Topliss-reactive ketones (excluding diaryl/α,β-unsaturated/α-hetero) is 2. The van der Waals surface area contributed by atoms with E-state index < -0.39 is 0 Å². The number of para-hydroxylation sites is 1. The highest BCUT2D eigenvalue weighted by atomic mass is 16.1. The number of hydrogen-bond acceptors (Lipinski definition) is 4. The van der Waals surface area contributed by atoms with Gasteiger partial charge < -0.3 is 10.6 Å². The summed E-state index contributed by atoms with van der Waals surface area (Å²) in [5, 5.41) is 6.18. The Balaban J connectivity index is 1.79. The summed E-state index contributed by atoms with van der Waals surface area (Å²) in [6.07, 6.45) is 0. The zero-order valence-corrected chi connectivity index (χ0v) is 12.9. The third-order valence-electron chi connectivity index (χ3n) is 4.35. The molecule has 2 aromatic carbocycles. The lowest BCUT2D eigenvalue weighted by Crippen LogP contribution is -2.13. The highest BCUT2D eigenvalue weighted by Gasteiger charge is 2.34. The molecule has 0 amide bonds. The molecule has 0 unspecified atom stereocenters.